The maximum absolute atomic E-state index is 5.37. The van der Waals surface area contributed by atoms with Crippen molar-refractivity contribution in [2.24, 2.45) is 5.73 Å². The Morgan fingerprint density at radius 2 is 2.36 bits per heavy atom. The van der Waals surface area contributed by atoms with E-state index >= 15 is 0 Å². The number of aromatic nitrogens is 2. The Labute approximate surface area is 74.5 Å². The second kappa shape index (κ2) is 4.51. The number of unbranched alkanes of at least 4 members (excludes halogenated alkanes) is 1. The maximum Gasteiger partial charge on any atom is 0.105 e. The quantitative estimate of drug-likeness (QED) is 0.751. The summed E-state index contributed by atoms with van der Waals surface area (Å²) in [6.45, 7) is 0.766. The van der Waals surface area contributed by atoms with Crippen LogP contribution in [-0.4, -0.2) is 16.5 Å². The lowest BCUT2D eigenvalue weighted by Gasteiger charge is -1.95. The molecule has 0 bridgehead atoms. The lowest BCUT2D eigenvalue weighted by atomic mass is 10.2. The third-order valence-electron chi connectivity index (χ3n) is 1.53. The van der Waals surface area contributed by atoms with E-state index in [-0.39, 0.29) is 0 Å². The molecule has 0 atom stereocenters. The monoisotopic (exact) mass is 217 g/mol. The van der Waals surface area contributed by atoms with Crippen molar-refractivity contribution in [3.05, 3.63) is 16.6 Å². The van der Waals surface area contributed by atoms with Crippen LogP contribution in [-0.2, 0) is 6.42 Å². The third-order valence-corrected chi connectivity index (χ3v) is 2.22. The number of aryl methyl sites for hydroxylation is 1. The average Bonchev–Trinajstić information content (AvgIpc) is 2.37. The van der Waals surface area contributed by atoms with Crippen LogP contribution in [0.1, 0.15) is 18.5 Å². The number of halogens is 1. The van der Waals surface area contributed by atoms with Gasteiger partial charge in [-0.05, 0) is 41.7 Å². The van der Waals surface area contributed by atoms with Crippen LogP contribution in [0.15, 0.2) is 10.9 Å². The summed E-state index contributed by atoms with van der Waals surface area (Å²) in [5, 5.41) is 0. The molecule has 1 aromatic heterocycles. The summed E-state index contributed by atoms with van der Waals surface area (Å²) >= 11 is 3.37. The summed E-state index contributed by atoms with van der Waals surface area (Å²) in [4.78, 5) is 7.11. The fraction of sp³-hybridized carbons (Fsp3) is 0.571. The number of imidazole rings is 1. The topological polar surface area (TPSA) is 54.7 Å². The van der Waals surface area contributed by atoms with Crippen LogP contribution < -0.4 is 5.73 Å². The van der Waals surface area contributed by atoms with E-state index in [1.54, 1.807) is 6.33 Å². The number of hydrogen-bond donors (Lipinski definition) is 2. The Morgan fingerprint density at radius 3 is 2.91 bits per heavy atom. The van der Waals surface area contributed by atoms with Crippen LogP contribution in [0, 0.1) is 0 Å². The van der Waals surface area contributed by atoms with Crippen molar-refractivity contribution in [3.63, 3.8) is 0 Å². The SMILES string of the molecule is NCCCCc1nc[nH]c1Br. The van der Waals surface area contributed by atoms with Gasteiger partial charge in [0.05, 0.1) is 12.0 Å². The van der Waals surface area contributed by atoms with Gasteiger partial charge in [-0.15, -0.1) is 0 Å². The maximum atomic E-state index is 5.37. The normalized spacial score (nSPS) is 10.4. The molecule has 0 saturated heterocycles. The molecule has 0 saturated carbocycles. The third kappa shape index (κ3) is 2.63. The van der Waals surface area contributed by atoms with Crippen LogP contribution in [0.5, 0.6) is 0 Å². The van der Waals surface area contributed by atoms with Crippen LogP contribution in [0.2, 0.25) is 0 Å². The highest BCUT2D eigenvalue weighted by atomic mass is 79.9. The summed E-state index contributed by atoms with van der Waals surface area (Å²) in [5.41, 5.74) is 6.46. The fourth-order valence-corrected chi connectivity index (χ4v) is 1.32. The van der Waals surface area contributed by atoms with Crippen molar-refractivity contribution in [1.82, 2.24) is 9.97 Å². The lowest BCUT2D eigenvalue weighted by Crippen LogP contribution is -1.99. The Morgan fingerprint density at radius 1 is 1.55 bits per heavy atom. The Kier molecular flexibility index (Phi) is 3.59. The molecule has 0 amide bonds. The molecule has 1 rings (SSSR count). The molecule has 0 spiro atoms. The van der Waals surface area contributed by atoms with E-state index in [0.717, 1.165) is 36.1 Å². The first kappa shape index (κ1) is 8.74. The number of nitrogens with zero attached hydrogens (tertiary/aromatic N) is 1. The van der Waals surface area contributed by atoms with Crippen molar-refractivity contribution >= 4 is 15.9 Å². The minimum Gasteiger partial charge on any atom is -0.339 e. The molecule has 62 valence electrons. The lowest BCUT2D eigenvalue weighted by molar-refractivity contribution is 0.733. The largest absolute Gasteiger partial charge is 0.339 e. The van der Waals surface area contributed by atoms with Gasteiger partial charge in [0.2, 0.25) is 0 Å². The molecule has 0 aliphatic heterocycles. The molecule has 0 fully saturated rings. The van der Waals surface area contributed by atoms with E-state index in [0.29, 0.717) is 0 Å². The number of aromatic amines is 1. The van der Waals surface area contributed by atoms with E-state index < -0.39 is 0 Å². The second-order valence-electron chi connectivity index (χ2n) is 2.41. The molecule has 0 unspecified atom stereocenters. The molecule has 3 nitrogen and oxygen atoms in total. The van der Waals surface area contributed by atoms with E-state index in [1.165, 1.54) is 0 Å². The molecule has 4 heteroatoms. The number of hydrogen-bond acceptors (Lipinski definition) is 2. The van der Waals surface area contributed by atoms with Crippen molar-refractivity contribution < 1.29 is 0 Å². The van der Waals surface area contributed by atoms with Gasteiger partial charge in [-0.1, -0.05) is 0 Å². The van der Waals surface area contributed by atoms with Gasteiger partial charge >= 0.3 is 0 Å². The molecule has 0 aliphatic carbocycles. The van der Waals surface area contributed by atoms with Gasteiger partial charge in [0.1, 0.15) is 4.60 Å². The number of nitrogens with two attached hydrogens (primary N) is 1. The van der Waals surface area contributed by atoms with Gasteiger partial charge in [-0.25, -0.2) is 4.98 Å². The summed E-state index contributed by atoms with van der Waals surface area (Å²) in [5.74, 6) is 0. The van der Waals surface area contributed by atoms with Crippen LogP contribution in [0.4, 0.5) is 0 Å². The first-order chi connectivity index (χ1) is 5.34. The fourth-order valence-electron chi connectivity index (χ4n) is 0.918. The Balaban J connectivity index is 2.32. The summed E-state index contributed by atoms with van der Waals surface area (Å²) in [7, 11) is 0. The predicted octanol–water partition coefficient (Wildman–Crippen LogP) is 1.45. The van der Waals surface area contributed by atoms with Crippen LogP contribution in [0.25, 0.3) is 0 Å². The van der Waals surface area contributed by atoms with E-state index in [9.17, 15) is 0 Å². The van der Waals surface area contributed by atoms with Crippen molar-refractivity contribution in [1.29, 1.82) is 0 Å². The van der Waals surface area contributed by atoms with Gasteiger partial charge in [0.25, 0.3) is 0 Å². The zero-order valence-electron chi connectivity index (χ0n) is 6.31. The van der Waals surface area contributed by atoms with Crippen molar-refractivity contribution in [3.8, 4) is 0 Å². The number of rotatable bonds is 4. The first-order valence-corrected chi connectivity index (χ1v) is 4.51. The summed E-state index contributed by atoms with van der Waals surface area (Å²) < 4.78 is 0.995. The molecule has 0 aromatic carbocycles. The zero-order valence-corrected chi connectivity index (χ0v) is 7.89. The van der Waals surface area contributed by atoms with Crippen LogP contribution >= 0.6 is 15.9 Å². The molecule has 0 aliphatic rings. The Hall–Kier alpha value is -0.350. The first-order valence-electron chi connectivity index (χ1n) is 3.72. The van der Waals surface area contributed by atoms with Gasteiger partial charge in [0.15, 0.2) is 0 Å². The predicted molar refractivity (Wildman–Crippen MR) is 48.3 cm³/mol. The molecule has 11 heavy (non-hydrogen) atoms. The van der Waals surface area contributed by atoms with Gasteiger partial charge in [-0.3, -0.25) is 0 Å². The summed E-state index contributed by atoms with van der Waals surface area (Å²) in [6.07, 6.45) is 4.88. The second-order valence-corrected chi connectivity index (χ2v) is 3.20. The minimum absolute atomic E-state index is 0.766. The number of nitrogens with one attached hydrogen (secondary N) is 1. The van der Waals surface area contributed by atoms with Gasteiger partial charge in [0, 0.05) is 0 Å². The standard InChI is InChI=1S/C7H12BrN3/c8-7-6(10-5-11-7)3-1-2-4-9/h5H,1-4,9H2,(H,10,11). The van der Waals surface area contributed by atoms with Crippen molar-refractivity contribution in [2.75, 3.05) is 6.54 Å². The summed E-state index contributed by atoms with van der Waals surface area (Å²) in [6, 6.07) is 0. The van der Waals surface area contributed by atoms with Gasteiger partial charge in [-0.2, -0.15) is 0 Å². The van der Waals surface area contributed by atoms with E-state index in [4.69, 9.17) is 5.73 Å². The minimum atomic E-state index is 0.766. The molecule has 0 radical (unpaired) electrons. The van der Waals surface area contributed by atoms with Gasteiger partial charge < -0.3 is 10.7 Å². The highest BCUT2D eigenvalue weighted by Gasteiger charge is 2.00. The molecule has 1 heterocycles. The number of H-pyrrole nitrogens is 1. The highest BCUT2D eigenvalue weighted by Crippen LogP contribution is 2.12. The van der Waals surface area contributed by atoms with E-state index in [1.807, 2.05) is 0 Å². The smallest absolute Gasteiger partial charge is 0.105 e. The van der Waals surface area contributed by atoms with E-state index in [2.05, 4.69) is 25.9 Å². The molecular formula is C7H12BrN3. The Bertz CT molecular complexity index is 209. The van der Waals surface area contributed by atoms with Crippen LogP contribution in [0.3, 0.4) is 0 Å². The van der Waals surface area contributed by atoms with Crippen molar-refractivity contribution in [2.45, 2.75) is 19.3 Å². The molecule has 1 aromatic rings. The average molecular weight is 218 g/mol. The zero-order chi connectivity index (χ0) is 8.10. The molecule has 3 N–H and O–H groups in total. The highest BCUT2D eigenvalue weighted by molar-refractivity contribution is 9.10. The molecular weight excluding hydrogens is 206 g/mol.